The van der Waals surface area contributed by atoms with Gasteiger partial charge in [-0.1, -0.05) is 30.3 Å². The lowest BCUT2D eigenvalue weighted by molar-refractivity contribution is 0.180. The van der Waals surface area contributed by atoms with Gasteiger partial charge in [-0.05, 0) is 36.4 Å². The van der Waals surface area contributed by atoms with Crippen LogP contribution in [0.15, 0.2) is 47.4 Å². The molecule has 0 amide bonds. The fourth-order valence-electron chi connectivity index (χ4n) is 2.77. The van der Waals surface area contributed by atoms with Crippen LogP contribution in [0.2, 0.25) is 0 Å². The first kappa shape index (κ1) is 13.9. The van der Waals surface area contributed by atoms with Crippen LogP contribution in [-0.4, -0.2) is 32.1 Å². The van der Waals surface area contributed by atoms with Gasteiger partial charge in [0.25, 0.3) is 0 Å². The number of fused-ring (bicyclic) bond motifs is 1. The number of benzene rings is 2. The zero-order chi connectivity index (χ0) is 13.8. The molecule has 20 heavy (non-hydrogen) atoms. The first-order valence-electron chi connectivity index (χ1n) is 7.23. The molecule has 2 atom stereocenters. The minimum Gasteiger partial charge on any atom is -0.381 e. The Balaban J connectivity index is 1.66. The minimum atomic E-state index is 0.536. The van der Waals surface area contributed by atoms with Crippen LogP contribution >= 0.6 is 11.8 Å². The number of hydrogen-bond donors (Lipinski definition) is 1. The summed E-state index contributed by atoms with van der Waals surface area (Å²) in [5.41, 5.74) is 0. The maximum Gasteiger partial charge on any atom is 0.0510 e. The Kier molecular flexibility index (Phi) is 4.61. The highest BCUT2D eigenvalue weighted by atomic mass is 32.2. The van der Waals surface area contributed by atoms with E-state index >= 15 is 0 Å². The fourth-order valence-corrected chi connectivity index (χ4v) is 3.95. The van der Waals surface area contributed by atoms with Crippen LogP contribution < -0.4 is 5.32 Å². The smallest absolute Gasteiger partial charge is 0.0510 e. The molecule has 0 spiro atoms. The van der Waals surface area contributed by atoms with E-state index in [1.165, 1.54) is 22.1 Å². The zero-order valence-electron chi connectivity index (χ0n) is 11.8. The number of nitrogens with one attached hydrogen (secondary N) is 1. The van der Waals surface area contributed by atoms with E-state index in [0.29, 0.717) is 12.0 Å². The second-order valence-electron chi connectivity index (χ2n) is 5.34. The predicted molar refractivity (Wildman–Crippen MR) is 86.4 cm³/mol. The molecule has 1 aliphatic heterocycles. The molecule has 1 heterocycles. The summed E-state index contributed by atoms with van der Waals surface area (Å²) < 4.78 is 5.50. The average molecular weight is 287 g/mol. The van der Waals surface area contributed by atoms with Crippen LogP contribution in [0, 0.1) is 5.92 Å². The lowest BCUT2D eigenvalue weighted by Crippen LogP contribution is -2.36. The Hall–Kier alpha value is -1.03. The minimum absolute atomic E-state index is 0.536. The van der Waals surface area contributed by atoms with E-state index in [0.717, 1.165) is 19.0 Å². The van der Waals surface area contributed by atoms with Crippen molar-refractivity contribution in [1.29, 1.82) is 0 Å². The van der Waals surface area contributed by atoms with E-state index in [2.05, 4.69) is 54.8 Å². The molecule has 1 N–H and O–H groups in total. The van der Waals surface area contributed by atoms with Crippen molar-refractivity contribution in [3.05, 3.63) is 42.5 Å². The summed E-state index contributed by atoms with van der Waals surface area (Å²) in [7, 11) is 2.06. The van der Waals surface area contributed by atoms with E-state index in [-0.39, 0.29) is 0 Å². The molecular weight excluding hydrogens is 266 g/mol. The topological polar surface area (TPSA) is 21.3 Å². The normalized spacial score (nSPS) is 20.4. The largest absolute Gasteiger partial charge is 0.381 e. The monoisotopic (exact) mass is 287 g/mol. The number of rotatable bonds is 5. The molecule has 2 aromatic carbocycles. The van der Waals surface area contributed by atoms with Crippen molar-refractivity contribution in [3.8, 4) is 0 Å². The van der Waals surface area contributed by atoms with Crippen molar-refractivity contribution in [2.45, 2.75) is 17.4 Å². The van der Waals surface area contributed by atoms with Gasteiger partial charge in [-0.2, -0.15) is 0 Å². The third-order valence-electron chi connectivity index (χ3n) is 4.06. The fraction of sp³-hybridized carbons (Fsp3) is 0.412. The maximum absolute atomic E-state index is 5.50. The standard InChI is InChI=1S/C17H21NOS/c1-18-17(15-8-9-19-11-15)12-20-16-7-6-13-4-2-3-5-14(13)10-16/h2-7,10,15,17-18H,8-9,11-12H2,1H3. The van der Waals surface area contributed by atoms with E-state index in [1.54, 1.807) is 0 Å². The van der Waals surface area contributed by atoms with Gasteiger partial charge < -0.3 is 10.1 Å². The summed E-state index contributed by atoms with van der Waals surface area (Å²) in [6.07, 6.45) is 1.18. The molecule has 2 nitrogen and oxygen atoms in total. The Morgan fingerprint density at radius 1 is 1.25 bits per heavy atom. The SMILES string of the molecule is CNC(CSc1ccc2ccccc2c1)C1CCOC1. The maximum atomic E-state index is 5.50. The van der Waals surface area contributed by atoms with Crippen LogP contribution in [0.5, 0.6) is 0 Å². The molecule has 2 unspecified atom stereocenters. The van der Waals surface area contributed by atoms with E-state index < -0.39 is 0 Å². The highest BCUT2D eigenvalue weighted by Crippen LogP contribution is 2.27. The van der Waals surface area contributed by atoms with Crippen LogP contribution in [0.3, 0.4) is 0 Å². The molecule has 3 heteroatoms. The van der Waals surface area contributed by atoms with Gasteiger partial charge in [-0.25, -0.2) is 0 Å². The molecular formula is C17H21NOS. The Labute approximate surface area is 124 Å². The summed E-state index contributed by atoms with van der Waals surface area (Å²) in [6, 6.07) is 15.8. The van der Waals surface area contributed by atoms with Crippen LogP contribution in [0.25, 0.3) is 10.8 Å². The lowest BCUT2D eigenvalue weighted by Gasteiger charge is -2.21. The lowest BCUT2D eigenvalue weighted by atomic mass is 10.0. The van der Waals surface area contributed by atoms with Crippen molar-refractivity contribution in [1.82, 2.24) is 5.32 Å². The Morgan fingerprint density at radius 2 is 2.10 bits per heavy atom. The highest BCUT2D eigenvalue weighted by molar-refractivity contribution is 7.99. The molecule has 1 saturated heterocycles. The second kappa shape index (κ2) is 6.61. The van der Waals surface area contributed by atoms with Crippen molar-refractivity contribution in [2.24, 2.45) is 5.92 Å². The molecule has 3 rings (SSSR count). The summed E-state index contributed by atoms with van der Waals surface area (Å²) in [4.78, 5) is 1.35. The van der Waals surface area contributed by atoms with Gasteiger partial charge in [0.15, 0.2) is 0 Å². The summed E-state index contributed by atoms with van der Waals surface area (Å²) >= 11 is 1.94. The van der Waals surface area contributed by atoms with Crippen molar-refractivity contribution >= 4 is 22.5 Å². The number of ether oxygens (including phenoxy) is 1. The quantitative estimate of drug-likeness (QED) is 0.850. The summed E-state index contributed by atoms with van der Waals surface area (Å²) in [6.45, 7) is 1.83. The molecule has 0 saturated carbocycles. The van der Waals surface area contributed by atoms with Gasteiger partial charge in [0.05, 0.1) is 6.61 Å². The van der Waals surface area contributed by atoms with Crippen molar-refractivity contribution < 1.29 is 4.74 Å². The van der Waals surface area contributed by atoms with Gasteiger partial charge in [-0.3, -0.25) is 0 Å². The van der Waals surface area contributed by atoms with Crippen molar-refractivity contribution in [3.63, 3.8) is 0 Å². The van der Waals surface area contributed by atoms with Crippen LogP contribution in [-0.2, 0) is 4.74 Å². The van der Waals surface area contributed by atoms with Gasteiger partial charge >= 0.3 is 0 Å². The third-order valence-corrected chi connectivity index (χ3v) is 5.17. The van der Waals surface area contributed by atoms with E-state index in [4.69, 9.17) is 4.74 Å². The highest BCUT2D eigenvalue weighted by Gasteiger charge is 2.24. The molecule has 1 fully saturated rings. The zero-order valence-corrected chi connectivity index (χ0v) is 12.7. The first-order chi connectivity index (χ1) is 9.86. The van der Waals surface area contributed by atoms with Crippen LogP contribution in [0.4, 0.5) is 0 Å². The molecule has 2 aromatic rings. The van der Waals surface area contributed by atoms with E-state index in [9.17, 15) is 0 Å². The molecule has 0 aliphatic carbocycles. The third kappa shape index (κ3) is 3.17. The summed E-state index contributed by atoms with van der Waals surface area (Å²) in [5.74, 6) is 1.76. The molecule has 106 valence electrons. The number of hydrogen-bond acceptors (Lipinski definition) is 3. The molecule has 0 bridgehead atoms. The predicted octanol–water partition coefficient (Wildman–Crippen LogP) is 3.56. The second-order valence-corrected chi connectivity index (χ2v) is 6.43. The van der Waals surface area contributed by atoms with Gasteiger partial charge in [-0.15, -0.1) is 11.8 Å². The number of thioether (sulfide) groups is 1. The van der Waals surface area contributed by atoms with Crippen LogP contribution in [0.1, 0.15) is 6.42 Å². The van der Waals surface area contributed by atoms with Gasteiger partial charge in [0.2, 0.25) is 0 Å². The summed E-state index contributed by atoms with van der Waals surface area (Å²) in [5, 5.41) is 6.08. The average Bonchev–Trinajstić information content (AvgIpc) is 3.02. The Morgan fingerprint density at radius 3 is 2.85 bits per heavy atom. The van der Waals surface area contributed by atoms with E-state index in [1.807, 2.05) is 11.8 Å². The molecule has 0 aromatic heterocycles. The first-order valence-corrected chi connectivity index (χ1v) is 8.22. The van der Waals surface area contributed by atoms with Gasteiger partial charge in [0, 0.05) is 29.2 Å². The Bertz CT molecular complexity index is 566. The van der Waals surface area contributed by atoms with Gasteiger partial charge in [0.1, 0.15) is 0 Å². The van der Waals surface area contributed by atoms with Crippen molar-refractivity contribution in [2.75, 3.05) is 26.0 Å². The molecule has 1 aliphatic rings. The molecule has 0 radical (unpaired) electrons.